The molecule has 0 spiro atoms. The predicted octanol–water partition coefficient (Wildman–Crippen LogP) is 3.94. The lowest BCUT2D eigenvalue weighted by Gasteiger charge is -2.20. The molecular formula is C20H19OP. The summed E-state index contributed by atoms with van der Waals surface area (Å²) >= 11 is 0. The molecule has 3 aromatic carbocycles. The van der Waals surface area contributed by atoms with Gasteiger partial charge < -0.3 is 4.57 Å². The molecule has 0 aliphatic carbocycles. The Balaban J connectivity index is 2.25. The Morgan fingerprint density at radius 2 is 0.909 bits per heavy atom. The van der Waals surface area contributed by atoms with Gasteiger partial charge >= 0.3 is 0 Å². The van der Waals surface area contributed by atoms with Crippen LogP contribution in [0, 0.1) is 13.8 Å². The van der Waals surface area contributed by atoms with Crippen LogP contribution in [0.4, 0.5) is 0 Å². The van der Waals surface area contributed by atoms with Crippen molar-refractivity contribution in [3.63, 3.8) is 0 Å². The molecule has 0 atom stereocenters. The van der Waals surface area contributed by atoms with Gasteiger partial charge in [-0.2, -0.15) is 0 Å². The highest BCUT2D eigenvalue weighted by Gasteiger charge is 2.29. The zero-order valence-electron chi connectivity index (χ0n) is 12.9. The number of benzene rings is 3. The van der Waals surface area contributed by atoms with E-state index in [1.807, 2.05) is 92.7 Å². The van der Waals surface area contributed by atoms with Crippen LogP contribution in [0.25, 0.3) is 0 Å². The summed E-state index contributed by atoms with van der Waals surface area (Å²) in [5.41, 5.74) is 2.35. The molecule has 0 amide bonds. The van der Waals surface area contributed by atoms with Crippen LogP contribution in [0.15, 0.2) is 78.9 Å². The minimum absolute atomic E-state index is 0.878. The van der Waals surface area contributed by atoms with Crippen LogP contribution in [0.3, 0.4) is 0 Å². The van der Waals surface area contributed by atoms with Crippen LogP contribution in [0.2, 0.25) is 0 Å². The predicted molar refractivity (Wildman–Crippen MR) is 95.3 cm³/mol. The molecule has 0 heterocycles. The lowest BCUT2D eigenvalue weighted by atomic mass is 10.2. The molecule has 0 saturated carbocycles. The second-order valence-electron chi connectivity index (χ2n) is 5.62. The van der Waals surface area contributed by atoms with Crippen LogP contribution in [0.1, 0.15) is 11.1 Å². The smallest absolute Gasteiger partial charge is 0.171 e. The second kappa shape index (κ2) is 5.94. The largest absolute Gasteiger partial charge is 0.309 e. The molecule has 3 aromatic rings. The van der Waals surface area contributed by atoms with E-state index in [4.69, 9.17) is 0 Å². The Kier molecular flexibility index (Phi) is 4.00. The normalized spacial score (nSPS) is 11.4. The zero-order valence-corrected chi connectivity index (χ0v) is 13.8. The summed E-state index contributed by atoms with van der Waals surface area (Å²) in [6, 6.07) is 25.8. The molecule has 0 aromatic heterocycles. The molecule has 0 aliphatic rings. The summed E-state index contributed by atoms with van der Waals surface area (Å²) in [6.07, 6.45) is 0. The first-order valence-corrected chi connectivity index (χ1v) is 9.11. The Labute approximate surface area is 132 Å². The number of hydrogen-bond acceptors (Lipinski definition) is 1. The fraction of sp³-hybridized carbons (Fsp3) is 0.100. The van der Waals surface area contributed by atoms with E-state index < -0.39 is 7.14 Å². The molecule has 0 bridgehead atoms. The van der Waals surface area contributed by atoms with E-state index >= 15 is 0 Å². The van der Waals surface area contributed by atoms with Crippen LogP contribution < -0.4 is 15.9 Å². The summed E-state index contributed by atoms with van der Waals surface area (Å²) in [5.74, 6) is 0. The van der Waals surface area contributed by atoms with E-state index in [0.29, 0.717) is 0 Å². The third-order valence-electron chi connectivity index (χ3n) is 3.91. The molecule has 0 unspecified atom stereocenters. The molecule has 0 radical (unpaired) electrons. The van der Waals surface area contributed by atoms with Gasteiger partial charge in [0.2, 0.25) is 0 Å². The molecule has 1 nitrogen and oxygen atoms in total. The average molecular weight is 306 g/mol. The quantitative estimate of drug-likeness (QED) is 0.670. The second-order valence-corrected chi connectivity index (χ2v) is 8.38. The molecule has 0 fully saturated rings. The first kappa shape index (κ1) is 14.8. The van der Waals surface area contributed by atoms with Gasteiger partial charge in [0.25, 0.3) is 0 Å². The van der Waals surface area contributed by atoms with Crippen molar-refractivity contribution in [3.05, 3.63) is 90.0 Å². The monoisotopic (exact) mass is 306 g/mol. The van der Waals surface area contributed by atoms with E-state index in [2.05, 4.69) is 0 Å². The van der Waals surface area contributed by atoms with Crippen LogP contribution in [-0.2, 0) is 4.57 Å². The highest BCUT2D eigenvalue weighted by molar-refractivity contribution is 7.85. The van der Waals surface area contributed by atoms with Gasteiger partial charge in [0.05, 0.1) is 0 Å². The van der Waals surface area contributed by atoms with Gasteiger partial charge in [0.1, 0.15) is 0 Å². The van der Waals surface area contributed by atoms with Crippen molar-refractivity contribution in [1.29, 1.82) is 0 Å². The minimum atomic E-state index is -2.82. The van der Waals surface area contributed by atoms with Gasteiger partial charge in [-0.15, -0.1) is 0 Å². The Hall–Kier alpha value is -2.11. The molecule has 110 valence electrons. The fourth-order valence-electron chi connectivity index (χ4n) is 2.59. The van der Waals surface area contributed by atoms with E-state index in [-0.39, 0.29) is 0 Å². The van der Waals surface area contributed by atoms with Gasteiger partial charge in [0, 0.05) is 15.9 Å². The molecule has 0 N–H and O–H groups in total. The van der Waals surface area contributed by atoms with Gasteiger partial charge in [-0.05, 0) is 13.8 Å². The third kappa shape index (κ3) is 2.65. The van der Waals surface area contributed by atoms with Gasteiger partial charge in [-0.25, -0.2) is 0 Å². The summed E-state index contributed by atoms with van der Waals surface area (Å²) < 4.78 is 14.0. The maximum atomic E-state index is 14.0. The lowest BCUT2D eigenvalue weighted by Crippen LogP contribution is -2.25. The number of hydrogen-bond donors (Lipinski definition) is 0. The van der Waals surface area contributed by atoms with Crippen molar-refractivity contribution in [2.75, 3.05) is 0 Å². The number of aryl methyl sites for hydroxylation is 2. The highest BCUT2D eigenvalue weighted by Crippen LogP contribution is 2.42. The summed E-state index contributed by atoms with van der Waals surface area (Å²) in [6.45, 7) is 4.09. The maximum absolute atomic E-state index is 14.0. The molecule has 22 heavy (non-hydrogen) atoms. The topological polar surface area (TPSA) is 17.1 Å². The van der Waals surface area contributed by atoms with Crippen molar-refractivity contribution < 1.29 is 4.57 Å². The molecule has 2 heteroatoms. The van der Waals surface area contributed by atoms with Gasteiger partial charge in [-0.1, -0.05) is 90.0 Å². The first-order valence-electron chi connectivity index (χ1n) is 7.41. The minimum Gasteiger partial charge on any atom is -0.309 e. The zero-order chi connectivity index (χ0) is 15.6. The lowest BCUT2D eigenvalue weighted by molar-refractivity contribution is 0.592. The van der Waals surface area contributed by atoms with Crippen LogP contribution in [0.5, 0.6) is 0 Å². The Morgan fingerprint density at radius 1 is 0.545 bits per heavy atom. The van der Waals surface area contributed by atoms with E-state index in [1.165, 1.54) is 11.1 Å². The van der Waals surface area contributed by atoms with E-state index in [0.717, 1.165) is 15.9 Å². The Bertz CT molecular complexity index is 753. The molecular weight excluding hydrogens is 287 g/mol. The summed E-state index contributed by atoms with van der Waals surface area (Å²) in [7, 11) is -2.82. The fourth-order valence-corrected chi connectivity index (χ4v) is 5.22. The van der Waals surface area contributed by atoms with Crippen molar-refractivity contribution in [2.45, 2.75) is 13.8 Å². The van der Waals surface area contributed by atoms with E-state index in [9.17, 15) is 4.57 Å². The standard InChI is InChI=1S/C20H19OP/c1-16-8-12-19(13-9-16)22(21,18-6-4-3-5-7-18)20-14-10-17(2)11-15-20/h3-15H,1-2H3. The van der Waals surface area contributed by atoms with Crippen molar-refractivity contribution in [1.82, 2.24) is 0 Å². The third-order valence-corrected chi connectivity index (χ3v) is 6.99. The van der Waals surface area contributed by atoms with Crippen molar-refractivity contribution in [3.8, 4) is 0 Å². The molecule has 0 saturated heterocycles. The van der Waals surface area contributed by atoms with E-state index in [1.54, 1.807) is 0 Å². The molecule has 3 rings (SSSR count). The van der Waals surface area contributed by atoms with Gasteiger partial charge in [0.15, 0.2) is 7.14 Å². The highest BCUT2D eigenvalue weighted by atomic mass is 31.2. The van der Waals surface area contributed by atoms with Crippen LogP contribution in [-0.4, -0.2) is 0 Å². The van der Waals surface area contributed by atoms with Crippen molar-refractivity contribution in [2.24, 2.45) is 0 Å². The average Bonchev–Trinajstić information content (AvgIpc) is 2.56. The van der Waals surface area contributed by atoms with Crippen molar-refractivity contribution >= 4 is 23.1 Å². The SMILES string of the molecule is Cc1ccc(P(=O)(c2ccccc2)c2ccc(C)cc2)cc1. The Morgan fingerprint density at radius 3 is 1.32 bits per heavy atom. The summed E-state index contributed by atoms with van der Waals surface area (Å²) in [5, 5.41) is 2.64. The first-order chi connectivity index (χ1) is 10.6. The van der Waals surface area contributed by atoms with Crippen LogP contribution >= 0.6 is 7.14 Å². The van der Waals surface area contributed by atoms with Gasteiger partial charge in [-0.3, -0.25) is 0 Å². The molecule has 0 aliphatic heterocycles. The summed E-state index contributed by atoms with van der Waals surface area (Å²) in [4.78, 5) is 0. The maximum Gasteiger partial charge on any atom is 0.171 e. The number of rotatable bonds is 3.